The topological polar surface area (TPSA) is 71.1 Å². The second-order valence-corrected chi connectivity index (χ2v) is 6.09. The molecule has 0 saturated heterocycles. The number of anilines is 1. The quantitative estimate of drug-likeness (QED) is 0.596. The van der Waals surface area contributed by atoms with Gasteiger partial charge in [0.25, 0.3) is 0 Å². The molecule has 0 bridgehead atoms. The van der Waals surface area contributed by atoms with Crippen molar-refractivity contribution in [3.8, 4) is 11.8 Å². The Balaban J connectivity index is 1.68. The summed E-state index contributed by atoms with van der Waals surface area (Å²) >= 11 is 5.88. The van der Waals surface area contributed by atoms with Crippen LogP contribution < -0.4 is 10.1 Å². The summed E-state index contributed by atoms with van der Waals surface area (Å²) in [6.45, 7) is 3.08. The molecule has 0 aliphatic heterocycles. The molecule has 5 nitrogen and oxygen atoms in total. The highest BCUT2D eigenvalue weighted by Gasteiger charge is 2.11. The number of nitriles is 1. The smallest absolute Gasteiger partial charge is 0.232 e. The Labute approximate surface area is 162 Å². The summed E-state index contributed by atoms with van der Waals surface area (Å²) in [4.78, 5) is 4.19. The van der Waals surface area contributed by atoms with Crippen molar-refractivity contribution >= 4 is 29.6 Å². The van der Waals surface area contributed by atoms with Crippen molar-refractivity contribution in [2.45, 2.75) is 13.5 Å². The minimum atomic E-state index is 0.218. The van der Waals surface area contributed by atoms with Gasteiger partial charge in [-0.05, 0) is 48.4 Å². The fourth-order valence-corrected chi connectivity index (χ4v) is 2.52. The van der Waals surface area contributed by atoms with Crippen molar-refractivity contribution in [3.63, 3.8) is 0 Å². The van der Waals surface area contributed by atoms with E-state index in [1.165, 1.54) is 0 Å². The zero-order valence-electron chi connectivity index (χ0n) is 14.8. The van der Waals surface area contributed by atoms with E-state index in [9.17, 15) is 5.26 Å². The molecule has 0 aliphatic carbocycles. The Morgan fingerprint density at radius 3 is 2.56 bits per heavy atom. The third-order valence-corrected chi connectivity index (χ3v) is 3.98. The monoisotopic (exact) mass is 379 g/mol. The van der Waals surface area contributed by atoms with E-state index >= 15 is 0 Å². The molecule has 3 aromatic rings. The molecule has 27 heavy (non-hydrogen) atoms. The van der Waals surface area contributed by atoms with Crippen molar-refractivity contribution in [1.82, 2.24) is 4.98 Å². The van der Waals surface area contributed by atoms with Crippen LogP contribution in [0.2, 0.25) is 5.02 Å². The van der Waals surface area contributed by atoms with E-state index < -0.39 is 0 Å². The average Bonchev–Trinajstić information content (AvgIpc) is 3.09. The minimum absolute atomic E-state index is 0.218. The highest BCUT2D eigenvalue weighted by atomic mass is 35.5. The van der Waals surface area contributed by atoms with Gasteiger partial charge in [0.2, 0.25) is 17.5 Å². The molecule has 0 spiro atoms. The summed E-state index contributed by atoms with van der Waals surface area (Å²) in [6.07, 6.45) is 3.59. The molecule has 0 radical (unpaired) electrons. The van der Waals surface area contributed by atoms with Crippen molar-refractivity contribution < 1.29 is 9.15 Å². The Kier molecular flexibility index (Phi) is 6.14. The molecule has 1 N–H and O–H groups in total. The fourth-order valence-electron chi connectivity index (χ4n) is 2.40. The van der Waals surface area contributed by atoms with E-state index in [1.54, 1.807) is 6.08 Å². The molecular formula is C21H18ClN3O2. The number of halogens is 1. The number of nitrogens with zero attached hydrogens (tertiary/aromatic N) is 2. The van der Waals surface area contributed by atoms with Gasteiger partial charge in [0.15, 0.2) is 0 Å². The number of hydrogen-bond acceptors (Lipinski definition) is 5. The lowest BCUT2D eigenvalue weighted by Gasteiger charge is -2.03. The molecule has 0 unspecified atom stereocenters. The van der Waals surface area contributed by atoms with Crippen molar-refractivity contribution in [2.24, 2.45) is 0 Å². The molecule has 0 amide bonds. The first-order valence-corrected chi connectivity index (χ1v) is 8.86. The Morgan fingerprint density at radius 1 is 1.15 bits per heavy atom. The van der Waals surface area contributed by atoms with Gasteiger partial charge in [-0.1, -0.05) is 35.9 Å². The van der Waals surface area contributed by atoms with Crippen LogP contribution in [0.25, 0.3) is 12.2 Å². The molecule has 2 aromatic carbocycles. The number of benzene rings is 2. The van der Waals surface area contributed by atoms with Gasteiger partial charge in [0, 0.05) is 17.6 Å². The third kappa shape index (κ3) is 5.13. The molecule has 0 aliphatic rings. The van der Waals surface area contributed by atoms with Crippen LogP contribution in [0.15, 0.2) is 52.9 Å². The van der Waals surface area contributed by atoms with Crippen LogP contribution >= 0.6 is 11.6 Å². The van der Waals surface area contributed by atoms with Gasteiger partial charge in [-0.25, -0.2) is 0 Å². The summed E-state index contributed by atoms with van der Waals surface area (Å²) in [7, 11) is 0. The van der Waals surface area contributed by atoms with Gasteiger partial charge in [0.1, 0.15) is 11.8 Å². The number of nitrogens with one attached hydrogen (secondary N) is 1. The normalized spacial score (nSPS) is 10.7. The van der Waals surface area contributed by atoms with Crippen LogP contribution in [-0.4, -0.2) is 11.6 Å². The Hall–Kier alpha value is -3.23. The van der Waals surface area contributed by atoms with E-state index in [-0.39, 0.29) is 5.69 Å². The van der Waals surface area contributed by atoms with E-state index in [2.05, 4.69) is 10.3 Å². The first-order chi connectivity index (χ1) is 13.2. The van der Waals surface area contributed by atoms with Gasteiger partial charge in [0.05, 0.1) is 6.61 Å². The van der Waals surface area contributed by atoms with Crippen molar-refractivity contribution in [1.29, 1.82) is 5.26 Å². The van der Waals surface area contributed by atoms with Crippen molar-refractivity contribution in [2.75, 3.05) is 11.9 Å². The molecule has 1 aromatic heterocycles. The highest BCUT2D eigenvalue weighted by Crippen LogP contribution is 2.20. The Bertz CT molecular complexity index is 955. The second kappa shape index (κ2) is 8.93. The summed E-state index contributed by atoms with van der Waals surface area (Å²) < 4.78 is 11.1. The summed E-state index contributed by atoms with van der Waals surface area (Å²) in [5, 5.41) is 13.0. The van der Waals surface area contributed by atoms with E-state index in [4.69, 9.17) is 20.8 Å². The fraction of sp³-hybridized carbons (Fsp3) is 0.143. The third-order valence-electron chi connectivity index (χ3n) is 3.73. The molecule has 0 fully saturated rings. The van der Waals surface area contributed by atoms with E-state index in [0.717, 1.165) is 16.9 Å². The zero-order valence-corrected chi connectivity index (χ0v) is 15.5. The molecular weight excluding hydrogens is 362 g/mol. The average molecular weight is 380 g/mol. The van der Waals surface area contributed by atoms with Crippen LogP contribution in [0.4, 0.5) is 5.88 Å². The lowest BCUT2D eigenvalue weighted by molar-refractivity contribution is 0.340. The number of aromatic nitrogens is 1. The van der Waals surface area contributed by atoms with E-state index in [1.807, 2.05) is 67.6 Å². The minimum Gasteiger partial charge on any atom is -0.494 e. The van der Waals surface area contributed by atoms with Crippen LogP contribution in [0.5, 0.6) is 5.75 Å². The van der Waals surface area contributed by atoms with Gasteiger partial charge in [-0.3, -0.25) is 0 Å². The van der Waals surface area contributed by atoms with Gasteiger partial charge in [-0.2, -0.15) is 10.2 Å². The van der Waals surface area contributed by atoms with Gasteiger partial charge < -0.3 is 14.5 Å². The first kappa shape index (κ1) is 18.6. The van der Waals surface area contributed by atoms with E-state index in [0.29, 0.717) is 29.9 Å². The lowest BCUT2D eigenvalue weighted by atomic mass is 10.2. The van der Waals surface area contributed by atoms with Gasteiger partial charge in [-0.15, -0.1) is 0 Å². The molecule has 3 rings (SSSR count). The molecule has 136 valence electrons. The largest absolute Gasteiger partial charge is 0.494 e. The predicted octanol–water partition coefficient (Wildman–Crippen LogP) is 5.38. The number of oxazole rings is 1. The van der Waals surface area contributed by atoms with Gasteiger partial charge >= 0.3 is 0 Å². The molecule has 1 heterocycles. The zero-order chi connectivity index (χ0) is 19.1. The van der Waals surface area contributed by atoms with Crippen LogP contribution in [0, 0.1) is 11.3 Å². The summed E-state index contributed by atoms with van der Waals surface area (Å²) in [5.41, 5.74) is 2.22. The van der Waals surface area contributed by atoms with Crippen LogP contribution in [0.1, 0.15) is 29.6 Å². The maximum absolute atomic E-state index is 9.26. The molecule has 0 saturated carbocycles. The summed E-state index contributed by atoms with van der Waals surface area (Å²) in [5.74, 6) is 1.53. The molecule has 0 atom stereocenters. The SMILES string of the molecule is CCOc1ccc(/C=C/c2nc(C#N)c(NCc3ccc(Cl)cc3)o2)cc1. The standard InChI is InChI=1S/C21H18ClN3O2/c1-2-26-18-10-5-15(6-11-18)7-12-20-25-19(13-23)21(27-20)24-14-16-3-8-17(22)9-4-16/h3-12,24H,2,14H2,1H3/b12-7+. The predicted molar refractivity (Wildman–Crippen MR) is 107 cm³/mol. The Morgan fingerprint density at radius 2 is 1.89 bits per heavy atom. The molecule has 6 heteroatoms. The number of ether oxygens (including phenoxy) is 1. The lowest BCUT2D eigenvalue weighted by Crippen LogP contribution is -1.99. The summed E-state index contributed by atoms with van der Waals surface area (Å²) in [6, 6.07) is 17.2. The second-order valence-electron chi connectivity index (χ2n) is 5.66. The number of hydrogen-bond donors (Lipinski definition) is 1. The maximum atomic E-state index is 9.26. The van der Waals surface area contributed by atoms with Crippen molar-refractivity contribution in [3.05, 3.63) is 76.3 Å². The first-order valence-electron chi connectivity index (χ1n) is 8.48. The van der Waals surface area contributed by atoms with Crippen LogP contribution in [-0.2, 0) is 6.54 Å². The maximum Gasteiger partial charge on any atom is 0.232 e. The highest BCUT2D eigenvalue weighted by molar-refractivity contribution is 6.30. The number of rotatable bonds is 7. The van der Waals surface area contributed by atoms with Crippen LogP contribution in [0.3, 0.4) is 0 Å².